The number of nitrogens with one attached hydrogen (secondary N) is 2. The van der Waals surface area contributed by atoms with Crippen LogP contribution in [0.25, 0.3) is 0 Å². The molecular formula is C10H15BrN2O5S. The van der Waals surface area contributed by atoms with Gasteiger partial charge in [-0.05, 0) is 48.0 Å². The Balaban J connectivity index is 3.17. The lowest BCUT2D eigenvalue weighted by Crippen LogP contribution is -2.46. The van der Waals surface area contributed by atoms with Crippen LogP contribution in [0.3, 0.4) is 0 Å². The fourth-order valence-corrected chi connectivity index (χ4v) is 3.67. The van der Waals surface area contributed by atoms with Gasteiger partial charge in [-0.1, -0.05) is 0 Å². The van der Waals surface area contributed by atoms with Gasteiger partial charge in [-0.3, -0.25) is 0 Å². The third-order valence-corrected chi connectivity index (χ3v) is 4.88. The van der Waals surface area contributed by atoms with Gasteiger partial charge in [0.2, 0.25) is 10.0 Å². The van der Waals surface area contributed by atoms with Crippen LogP contribution in [0.2, 0.25) is 0 Å². The van der Waals surface area contributed by atoms with Crippen LogP contribution in [-0.4, -0.2) is 30.9 Å². The van der Waals surface area contributed by atoms with E-state index < -0.39 is 15.6 Å². The number of aliphatic hydroxyl groups excluding tert-OH is 1. The van der Waals surface area contributed by atoms with Crippen LogP contribution >= 0.6 is 15.9 Å². The van der Waals surface area contributed by atoms with Gasteiger partial charge in [0.15, 0.2) is 0 Å². The zero-order valence-corrected chi connectivity index (χ0v) is 12.7. The predicted molar refractivity (Wildman–Crippen MR) is 73.0 cm³/mol. The summed E-state index contributed by atoms with van der Waals surface area (Å²) in [5.74, 6) is 0. The summed E-state index contributed by atoms with van der Waals surface area (Å²) in [5.41, 5.74) is 1.38. The van der Waals surface area contributed by atoms with Crippen molar-refractivity contribution in [3.8, 4) is 0 Å². The lowest BCUT2D eigenvalue weighted by atomic mass is 10.1. The molecule has 1 rings (SSSR count). The maximum Gasteiger partial charge on any atom is 0.242 e. The van der Waals surface area contributed by atoms with E-state index in [4.69, 9.17) is 10.4 Å². The first-order chi connectivity index (χ1) is 8.72. The Morgan fingerprint density at radius 3 is 2.58 bits per heavy atom. The monoisotopic (exact) mass is 354 g/mol. The molecule has 1 aromatic rings. The molecule has 4 N–H and O–H groups in total. The molecule has 0 aliphatic rings. The molecule has 9 heteroatoms. The van der Waals surface area contributed by atoms with Crippen molar-refractivity contribution in [2.45, 2.75) is 24.3 Å². The second kappa shape index (κ2) is 6.16. The average molecular weight is 355 g/mol. The fraction of sp³-hybridized carbons (Fsp3) is 0.400. The first-order valence-electron chi connectivity index (χ1n) is 5.23. The summed E-state index contributed by atoms with van der Waals surface area (Å²) >= 11 is 3.13. The van der Waals surface area contributed by atoms with Gasteiger partial charge in [-0.25, -0.2) is 23.9 Å². The maximum absolute atomic E-state index is 12.2. The molecule has 0 aromatic heterocycles. The van der Waals surface area contributed by atoms with E-state index in [0.29, 0.717) is 4.47 Å². The van der Waals surface area contributed by atoms with E-state index in [0.717, 1.165) is 0 Å². The summed E-state index contributed by atoms with van der Waals surface area (Å²) < 4.78 is 27.1. The Bertz CT molecular complexity index is 547. The average Bonchev–Trinajstić information content (AvgIpc) is 2.30. The number of rotatable bonds is 6. The zero-order chi connectivity index (χ0) is 14.7. The Labute approximate surface area is 119 Å². The molecule has 0 saturated heterocycles. The van der Waals surface area contributed by atoms with Crippen LogP contribution in [-0.2, 0) is 15.0 Å². The summed E-state index contributed by atoms with van der Waals surface area (Å²) in [5, 5.41) is 17.4. The SMILES string of the molecule is CC(C)(CO)NS(=O)(=O)c1cc(NOO)ccc1Br. The van der Waals surface area contributed by atoms with Crippen molar-refractivity contribution in [2.24, 2.45) is 0 Å². The molecule has 0 unspecified atom stereocenters. The van der Waals surface area contributed by atoms with Crippen LogP contribution in [0.4, 0.5) is 5.69 Å². The van der Waals surface area contributed by atoms with Gasteiger partial charge in [0.25, 0.3) is 0 Å². The third-order valence-electron chi connectivity index (χ3n) is 2.19. The Morgan fingerprint density at radius 2 is 2.05 bits per heavy atom. The first-order valence-corrected chi connectivity index (χ1v) is 7.50. The summed E-state index contributed by atoms with van der Waals surface area (Å²) in [6, 6.07) is 4.27. The van der Waals surface area contributed by atoms with Crippen LogP contribution in [0.5, 0.6) is 0 Å². The van der Waals surface area contributed by atoms with E-state index in [1.54, 1.807) is 13.8 Å². The molecule has 108 valence electrons. The highest BCUT2D eigenvalue weighted by Gasteiger charge is 2.27. The Kier molecular flexibility index (Phi) is 5.30. The molecule has 0 atom stereocenters. The fourth-order valence-electron chi connectivity index (χ4n) is 1.28. The number of aliphatic hydroxyl groups is 1. The van der Waals surface area contributed by atoms with Crippen molar-refractivity contribution in [3.05, 3.63) is 22.7 Å². The highest BCUT2D eigenvalue weighted by atomic mass is 79.9. The van der Waals surface area contributed by atoms with E-state index in [1.807, 2.05) is 0 Å². The van der Waals surface area contributed by atoms with Crippen molar-refractivity contribution in [3.63, 3.8) is 0 Å². The van der Waals surface area contributed by atoms with Crippen LogP contribution in [0, 0.1) is 0 Å². The summed E-state index contributed by atoms with van der Waals surface area (Å²) in [7, 11) is -3.84. The summed E-state index contributed by atoms with van der Waals surface area (Å²) in [4.78, 5) is 3.69. The number of hydrogen-bond acceptors (Lipinski definition) is 6. The lowest BCUT2D eigenvalue weighted by Gasteiger charge is -2.23. The van der Waals surface area contributed by atoms with Crippen molar-refractivity contribution < 1.29 is 23.8 Å². The molecule has 0 heterocycles. The minimum Gasteiger partial charge on any atom is -0.394 e. The summed E-state index contributed by atoms with van der Waals surface area (Å²) in [6.07, 6.45) is 0. The minimum absolute atomic E-state index is 0.0453. The second-order valence-corrected chi connectivity index (χ2v) is 6.99. The van der Waals surface area contributed by atoms with Crippen molar-refractivity contribution in [1.29, 1.82) is 0 Å². The molecule has 0 bridgehead atoms. The van der Waals surface area contributed by atoms with E-state index >= 15 is 0 Å². The Hall–Kier alpha value is -0.710. The highest BCUT2D eigenvalue weighted by Crippen LogP contribution is 2.26. The normalized spacial score (nSPS) is 12.5. The van der Waals surface area contributed by atoms with Crippen molar-refractivity contribution in [1.82, 2.24) is 4.72 Å². The van der Waals surface area contributed by atoms with Crippen molar-refractivity contribution >= 4 is 31.6 Å². The number of anilines is 1. The largest absolute Gasteiger partial charge is 0.394 e. The number of sulfonamides is 1. The molecule has 0 radical (unpaired) electrons. The Morgan fingerprint density at radius 1 is 1.42 bits per heavy atom. The molecule has 0 fully saturated rings. The smallest absolute Gasteiger partial charge is 0.242 e. The summed E-state index contributed by atoms with van der Waals surface area (Å²) in [6.45, 7) is 2.76. The number of halogens is 1. The molecule has 0 amide bonds. The molecule has 0 aliphatic carbocycles. The van der Waals surface area contributed by atoms with E-state index in [2.05, 4.69) is 31.1 Å². The molecular weight excluding hydrogens is 340 g/mol. The minimum atomic E-state index is -3.84. The van der Waals surface area contributed by atoms with Gasteiger partial charge in [0.05, 0.1) is 22.7 Å². The molecule has 0 spiro atoms. The highest BCUT2D eigenvalue weighted by molar-refractivity contribution is 9.10. The van der Waals surface area contributed by atoms with Crippen LogP contribution in [0.15, 0.2) is 27.6 Å². The lowest BCUT2D eigenvalue weighted by molar-refractivity contribution is -0.215. The van der Waals surface area contributed by atoms with Gasteiger partial charge in [-0.2, -0.15) is 0 Å². The van der Waals surface area contributed by atoms with E-state index in [1.165, 1.54) is 18.2 Å². The predicted octanol–water partition coefficient (Wildman–Crippen LogP) is 1.31. The van der Waals surface area contributed by atoms with E-state index in [-0.39, 0.29) is 17.2 Å². The van der Waals surface area contributed by atoms with Gasteiger partial charge in [-0.15, -0.1) is 4.99 Å². The third kappa shape index (κ3) is 4.41. The number of hydrogen-bond donors (Lipinski definition) is 4. The first kappa shape index (κ1) is 16.3. The van der Waals surface area contributed by atoms with Gasteiger partial charge >= 0.3 is 0 Å². The van der Waals surface area contributed by atoms with E-state index in [9.17, 15) is 8.42 Å². The van der Waals surface area contributed by atoms with Crippen LogP contribution in [0.1, 0.15) is 13.8 Å². The van der Waals surface area contributed by atoms with Gasteiger partial charge < -0.3 is 5.11 Å². The zero-order valence-electron chi connectivity index (χ0n) is 10.3. The molecule has 1 aromatic carbocycles. The second-order valence-electron chi connectivity index (χ2n) is 4.49. The standard InChI is InChI=1S/C10H15BrN2O5S/c1-10(2,6-14)13-19(16,17)9-5-7(12-18-15)3-4-8(9)11/h3-5,12-15H,6H2,1-2H3. The maximum atomic E-state index is 12.2. The number of benzene rings is 1. The molecule has 0 saturated carbocycles. The molecule has 0 aliphatic heterocycles. The quantitative estimate of drug-likeness (QED) is 0.453. The topological polar surface area (TPSA) is 108 Å². The van der Waals surface area contributed by atoms with Crippen molar-refractivity contribution in [2.75, 3.05) is 12.1 Å². The molecule has 7 nitrogen and oxygen atoms in total. The molecule has 19 heavy (non-hydrogen) atoms. The van der Waals surface area contributed by atoms with Gasteiger partial charge in [0.1, 0.15) is 0 Å². The van der Waals surface area contributed by atoms with Gasteiger partial charge in [0, 0.05) is 4.47 Å². The van der Waals surface area contributed by atoms with Crippen LogP contribution < -0.4 is 10.2 Å².